The Bertz CT molecular complexity index is 522. The maximum absolute atomic E-state index is 9.99. The lowest BCUT2D eigenvalue weighted by molar-refractivity contribution is 0.387. The number of benzene rings is 1. The van der Waals surface area contributed by atoms with Gasteiger partial charge in [-0.15, -0.1) is 0 Å². The molecule has 2 unspecified atom stereocenters. The summed E-state index contributed by atoms with van der Waals surface area (Å²) in [6, 6.07) is 9.19. The van der Waals surface area contributed by atoms with Gasteiger partial charge < -0.3 is 19.6 Å². The summed E-state index contributed by atoms with van der Waals surface area (Å²) in [5.74, 6) is 1.75. The first kappa shape index (κ1) is 13.5. The highest BCUT2D eigenvalue weighted by atomic mass is 16.5. The number of ether oxygens (including phenoxy) is 1. The predicted octanol–water partition coefficient (Wildman–Crippen LogP) is 3.41. The molecule has 0 aliphatic carbocycles. The van der Waals surface area contributed by atoms with Gasteiger partial charge in [-0.1, -0.05) is 6.07 Å². The molecule has 102 valence electrons. The SMILES string of the molecule is COc1ccc(C(C)NC(C)c2ccco2)c(O)c1. The van der Waals surface area contributed by atoms with Crippen LogP contribution in [0.15, 0.2) is 41.0 Å². The summed E-state index contributed by atoms with van der Waals surface area (Å²) >= 11 is 0. The van der Waals surface area contributed by atoms with Crippen molar-refractivity contribution in [1.29, 1.82) is 0 Å². The number of hydrogen-bond donors (Lipinski definition) is 2. The number of hydrogen-bond acceptors (Lipinski definition) is 4. The molecule has 1 aromatic heterocycles. The molecular weight excluding hydrogens is 242 g/mol. The second kappa shape index (κ2) is 5.80. The first-order valence-corrected chi connectivity index (χ1v) is 6.28. The zero-order valence-electron chi connectivity index (χ0n) is 11.4. The van der Waals surface area contributed by atoms with Crippen molar-refractivity contribution in [3.05, 3.63) is 47.9 Å². The van der Waals surface area contributed by atoms with Crippen LogP contribution >= 0.6 is 0 Å². The highest BCUT2D eigenvalue weighted by Gasteiger charge is 2.16. The minimum Gasteiger partial charge on any atom is -0.507 e. The lowest BCUT2D eigenvalue weighted by Gasteiger charge is -2.20. The quantitative estimate of drug-likeness (QED) is 0.866. The fourth-order valence-electron chi connectivity index (χ4n) is 2.10. The number of furan rings is 1. The van der Waals surface area contributed by atoms with Gasteiger partial charge in [-0.25, -0.2) is 0 Å². The Morgan fingerprint density at radius 1 is 1.21 bits per heavy atom. The summed E-state index contributed by atoms with van der Waals surface area (Å²) in [7, 11) is 1.58. The Morgan fingerprint density at radius 2 is 2.00 bits per heavy atom. The molecule has 2 rings (SSSR count). The average molecular weight is 261 g/mol. The van der Waals surface area contributed by atoms with Gasteiger partial charge in [0.2, 0.25) is 0 Å². The molecule has 2 atom stereocenters. The van der Waals surface area contributed by atoms with Gasteiger partial charge in [-0.3, -0.25) is 0 Å². The molecule has 4 nitrogen and oxygen atoms in total. The third kappa shape index (κ3) is 3.09. The van der Waals surface area contributed by atoms with Crippen molar-refractivity contribution in [2.45, 2.75) is 25.9 Å². The van der Waals surface area contributed by atoms with Crippen LogP contribution in [0.1, 0.15) is 37.3 Å². The van der Waals surface area contributed by atoms with Crippen molar-refractivity contribution in [2.75, 3.05) is 7.11 Å². The molecule has 4 heteroatoms. The molecule has 0 bridgehead atoms. The van der Waals surface area contributed by atoms with Crippen molar-refractivity contribution in [3.63, 3.8) is 0 Å². The highest BCUT2D eigenvalue weighted by molar-refractivity contribution is 5.41. The van der Waals surface area contributed by atoms with Crippen molar-refractivity contribution in [2.24, 2.45) is 0 Å². The third-order valence-corrected chi connectivity index (χ3v) is 3.17. The lowest BCUT2D eigenvalue weighted by atomic mass is 10.1. The molecule has 1 heterocycles. The second-order valence-electron chi connectivity index (χ2n) is 4.55. The van der Waals surface area contributed by atoms with E-state index in [9.17, 15) is 5.11 Å². The molecule has 2 aromatic rings. The number of rotatable bonds is 5. The monoisotopic (exact) mass is 261 g/mol. The van der Waals surface area contributed by atoms with E-state index in [1.165, 1.54) is 0 Å². The Hall–Kier alpha value is -1.94. The van der Waals surface area contributed by atoms with E-state index in [0.717, 1.165) is 11.3 Å². The summed E-state index contributed by atoms with van der Waals surface area (Å²) < 4.78 is 10.4. The summed E-state index contributed by atoms with van der Waals surface area (Å²) in [5.41, 5.74) is 0.833. The van der Waals surface area contributed by atoms with Crippen LogP contribution in [0.4, 0.5) is 0 Å². The van der Waals surface area contributed by atoms with E-state index in [-0.39, 0.29) is 17.8 Å². The normalized spacial score (nSPS) is 14.1. The largest absolute Gasteiger partial charge is 0.507 e. The molecule has 19 heavy (non-hydrogen) atoms. The molecular formula is C15H19NO3. The van der Waals surface area contributed by atoms with E-state index in [4.69, 9.17) is 9.15 Å². The molecule has 0 fully saturated rings. The van der Waals surface area contributed by atoms with Crippen LogP contribution < -0.4 is 10.1 Å². The van der Waals surface area contributed by atoms with Gasteiger partial charge in [0.25, 0.3) is 0 Å². The minimum atomic E-state index is 0.00556. The van der Waals surface area contributed by atoms with Crippen molar-refractivity contribution in [3.8, 4) is 11.5 Å². The molecule has 0 saturated carbocycles. The van der Waals surface area contributed by atoms with Crippen molar-refractivity contribution in [1.82, 2.24) is 5.32 Å². The van der Waals surface area contributed by atoms with Gasteiger partial charge in [0.05, 0.1) is 19.4 Å². The third-order valence-electron chi connectivity index (χ3n) is 3.17. The summed E-state index contributed by atoms with van der Waals surface area (Å²) in [5, 5.41) is 13.4. The number of phenolic OH excluding ortho intramolecular Hbond substituents is 1. The fourth-order valence-corrected chi connectivity index (χ4v) is 2.10. The lowest BCUT2D eigenvalue weighted by Crippen LogP contribution is -2.22. The van der Waals surface area contributed by atoms with Gasteiger partial charge in [0.1, 0.15) is 17.3 Å². The summed E-state index contributed by atoms with van der Waals surface area (Å²) in [4.78, 5) is 0. The molecule has 0 amide bonds. The average Bonchev–Trinajstić information content (AvgIpc) is 2.92. The summed E-state index contributed by atoms with van der Waals surface area (Å²) in [6.45, 7) is 4.02. The van der Waals surface area contributed by atoms with Gasteiger partial charge in [0.15, 0.2) is 0 Å². The van der Waals surface area contributed by atoms with Crippen LogP contribution in [0.2, 0.25) is 0 Å². The van der Waals surface area contributed by atoms with Crippen LogP contribution in [-0.4, -0.2) is 12.2 Å². The first-order chi connectivity index (χ1) is 9.11. The molecule has 1 aromatic carbocycles. The van der Waals surface area contributed by atoms with Gasteiger partial charge >= 0.3 is 0 Å². The summed E-state index contributed by atoms with van der Waals surface area (Å²) in [6.07, 6.45) is 1.66. The number of methoxy groups -OCH3 is 1. The molecule has 0 aliphatic heterocycles. The van der Waals surface area contributed by atoms with Crippen LogP contribution in [0, 0.1) is 0 Å². The Morgan fingerprint density at radius 3 is 2.58 bits per heavy atom. The topological polar surface area (TPSA) is 54.6 Å². The maximum Gasteiger partial charge on any atom is 0.124 e. The van der Waals surface area contributed by atoms with Crippen LogP contribution in [0.3, 0.4) is 0 Å². The maximum atomic E-state index is 9.99. The highest BCUT2D eigenvalue weighted by Crippen LogP contribution is 2.29. The van der Waals surface area contributed by atoms with E-state index in [1.807, 2.05) is 38.1 Å². The van der Waals surface area contributed by atoms with E-state index >= 15 is 0 Å². The standard InChI is InChI=1S/C15H19NO3/c1-10(16-11(2)15-5-4-8-19-15)13-7-6-12(18-3)9-14(13)17/h4-11,16-17H,1-3H3. The zero-order valence-corrected chi connectivity index (χ0v) is 11.4. The second-order valence-corrected chi connectivity index (χ2v) is 4.55. The van der Waals surface area contributed by atoms with Crippen LogP contribution in [-0.2, 0) is 0 Å². The van der Waals surface area contributed by atoms with E-state index in [0.29, 0.717) is 5.75 Å². The van der Waals surface area contributed by atoms with Crippen LogP contribution in [0.5, 0.6) is 11.5 Å². The van der Waals surface area contributed by atoms with Crippen molar-refractivity contribution >= 4 is 0 Å². The van der Waals surface area contributed by atoms with E-state index in [2.05, 4.69) is 5.32 Å². The van der Waals surface area contributed by atoms with E-state index < -0.39 is 0 Å². The number of aromatic hydroxyl groups is 1. The van der Waals surface area contributed by atoms with Crippen LogP contribution in [0.25, 0.3) is 0 Å². The first-order valence-electron chi connectivity index (χ1n) is 6.28. The number of phenols is 1. The molecule has 0 aliphatic rings. The Labute approximate surface area is 113 Å². The Kier molecular flexibility index (Phi) is 4.12. The molecule has 0 spiro atoms. The molecule has 2 N–H and O–H groups in total. The Balaban J connectivity index is 2.09. The van der Waals surface area contributed by atoms with Crippen molar-refractivity contribution < 1.29 is 14.3 Å². The van der Waals surface area contributed by atoms with Gasteiger partial charge in [-0.2, -0.15) is 0 Å². The molecule has 0 saturated heterocycles. The van der Waals surface area contributed by atoms with Gasteiger partial charge in [-0.05, 0) is 32.0 Å². The zero-order chi connectivity index (χ0) is 13.8. The van der Waals surface area contributed by atoms with E-state index in [1.54, 1.807) is 19.4 Å². The fraction of sp³-hybridized carbons (Fsp3) is 0.333. The smallest absolute Gasteiger partial charge is 0.124 e. The minimum absolute atomic E-state index is 0.00556. The predicted molar refractivity (Wildman–Crippen MR) is 73.3 cm³/mol. The number of nitrogens with one attached hydrogen (secondary N) is 1. The molecule has 0 radical (unpaired) electrons. The van der Waals surface area contributed by atoms with Gasteiger partial charge in [0, 0.05) is 17.7 Å².